The molecule has 1 unspecified atom stereocenters. The van der Waals surface area contributed by atoms with E-state index in [1.54, 1.807) is 68.7 Å². The summed E-state index contributed by atoms with van der Waals surface area (Å²) in [6.07, 6.45) is 0.800. The zero-order chi connectivity index (χ0) is 33.2. The van der Waals surface area contributed by atoms with E-state index < -0.39 is 10.0 Å². The van der Waals surface area contributed by atoms with Gasteiger partial charge in [-0.2, -0.15) is 0 Å². The third-order valence-electron chi connectivity index (χ3n) is 8.43. The van der Waals surface area contributed by atoms with Crippen LogP contribution in [0, 0.1) is 13.8 Å². The second-order valence-electron chi connectivity index (χ2n) is 11.9. The Labute approximate surface area is 271 Å². The molecule has 1 fully saturated rings. The molecule has 1 saturated heterocycles. The van der Waals surface area contributed by atoms with Crippen molar-refractivity contribution in [3.8, 4) is 16.9 Å². The number of methoxy groups -OCH3 is 1. The largest absolute Gasteiger partial charge is 0.495 e. The van der Waals surface area contributed by atoms with Crippen LogP contribution >= 0.6 is 0 Å². The highest BCUT2D eigenvalue weighted by atomic mass is 32.2. The Kier molecular flexibility index (Phi) is 9.39. The van der Waals surface area contributed by atoms with Crippen molar-refractivity contribution in [2.24, 2.45) is 0 Å². The minimum atomic E-state index is -4.07. The zero-order valence-corrected chi connectivity index (χ0v) is 27.9. The molecule has 2 amide bonds. The van der Waals surface area contributed by atoms with Crippen LogP contribution in [0.4, 0.5) is 11.4 Å². The Bertz CT molecular complexity index is 1890. The molecule has 4 aromatic carbocycles. The molecule has 1 atom stereocenters. The quantitative estimate of drug-likeness (QED) is 0.247. The van der Waals surface area contributed by atoms with E-state index in [0.29, 0.717) is 35.5 Å². The number of amides is 2. The number of likely N-dealkylation sites (N-methyl/N-ethyl adjacent to an activating group) is 1. The predicted octanol–water partition coefficient (Wildman–Crippen LogP) is 5.83. The van der Waals surface area contributed by atoms with Gasteiger partial charge in [-0.1, -0.05) is 42.0 Å². The lowest BCUT2D eigenvalue weighted by Crippen LogP contribution is -2.36. The number of aryl methyl sites for hydroxylation is 2. The molecule has 1 N–H and O–H groups in total. The lowest BCUT2D eigenvalue weighted by molar-refractivity contribution is 0.0788. The van der Waals surface area contributed by atoms with Gasteiger partial charge in [0.05, 0.1) is 12.8 Å². The molecule has 5 rings (SSSR count). The van der Waals surface area contributed by atoms with Crippen LogP contribution in [0.2, 0.25) is 0 Å². The van der Waals surface area contributed by atoms with E-state index in [0.717, 1.165) is 28.8 Å². The Hall–Kier alpha value is -4.83. The molecule has 0 aromatic heterocycles. The van der Waals surface area contributed by atoms with Gasteiger partial charge in [-0.05, 0) is 85.5 Å². The molecule has 0 aliphatic carbocycles. The maximum Gasteiger partial charge on any atom is 0.265 e. The van der Waals surface area contributed by atoms with Crippen molar-refractivity contribution in [1.82, 2.24) is 9.80 Å². The number of anilines is 2. The highest BCUT2D eigenvalue weighted by Crippen LogP contribution is 2.33. The second kappa shape index (κ2) is 13.3. The summed E-state index contributed by atoms with van der Waals surface area (Å²) >= 11 is 0. The third kappa shape index (κ3) is 6.87. The molecule has 10 heteroatoms. The van der Waals surface area contributed by atoms with Gasteiger partial charge in [0.1, 0.15) is 10.6 Å². The number of nitrogens with zero attached hydrogens (tertiary/aromatic N) is 3. The zero-order valence-electron chi connectivity index (χ0n) is 27.1. The van der Waals surface area contributed by atoms with Crippen LogP contribution in [-0.2, 0) is 10.0 Å². The van der Waals surface area contributed by atoms with Crippen LogP contribution in [0.3, 0.4) is 0 Å². The molecule has 9 nitrogen and oxygen atoms in total. The number of hydrogen-bond acceptors (Lipinski definition) is 6. The van der Waals surface area contributed by atoms with Crippen molar-refractivity contribution >= 4 is 33.2 Å². The molecule has 1 heterocycles. The van der Waals surface area contributed by atoms with Crippen molar-refractivity contribution in [2.45, 2.75) is 31.2 Å². The Morgan fingerprint density at radius 3 is 2.37 bits per heavy atom. The lowest BCUT2D eigenvalue weighted by atomic mass is 10.0. The first-order valence-electron chi connectivity index (χ1n) is 15.1. The predicted molar refractivity (Wildman–Crippen MR) is 182 cm³/mol. The maximum atomic E-state index is 13.8. The number of benzene rings is 4. The van der Waals surface area contributed by atoms with E-state index in [4.69, 9.17) is 4.74 Å². The number of sulfonamides is 1. The molecule has 240 valence electrons. The van der Waals surface area contributed by atoms with Gasteiger partial charge < -0.3 is 19.4 Å². The van der Waals surface area contributed by atoms with Crippen molar-refractivity contribution in [3.05, 3.63) is 107 Å². The monoisotopic (exact) mass is 640 g/mol. The lowest BCUT2D eigenvalue weighted by Gasteiger charge is -2.27. The molecular formula is C36H40N4O5S. The first-order chi connectivity index (χ1) is 21.9. The van der Waals surface area contributed by atoms with Gasteiger partial charge in [-0.25, -0.2) is 8.42 Å². The van der Waals surface area contributed by atoms with Crippen LogP contribution in [0.25, 0.3) is 11.1 Å². The molecular weight excluding hydrogens is 600 g/mol. The Balaban J connectivity index is 1.35. The molecule has 0 spiro atoms. The van der Waals surface area contributed by atoms with Crippen molar-refractivity contribution in [2.75, 3.05) is 51.0 Å². The molecule has 1 aliphatic heterocycles. The van der Waals surface area contributed by atoms with Gasteiger partial charge in [-0.3, -0.25) is 14.3 Å². The average molecular weight is 641 g/mol. The normalized spacial score (nSPS) is 14.6. The summed E-state index contributed by atoms with van der Waals surface area (Å²) in [6.45, 7) is 5.16. The maximum absolute atomic E-state index is 13.8. The van der Waals surface area contributed by atoms with E-state index in [1.807, 2.05) is 56.1 Å². The van der Waals surface area contributed by atoms with Gasteiger partial charge >= 0.3 is 0 Å². The van der Waals surface area contributed by atoms with E-state index >= 15 is 0 Å². The summed E-state index contributed by atoms with van der Waals surface area (Å²) in [6, 6.07) is 25.2. The van der Waals surface area contributed by atoms with Crippen LogP contribution in [-0.4, -0.2) is 77.4 Å². The minimum Gasteiger partial charge on any atom is -0.495 e. The minimum absolute atomic E-state index is 0.0213. The number of likely N-dealkylation sites (tertiary alicyclic amines) is 1. The first kappa shape index (κ1) is 32.6. The summed E-state index contributed by atoms with van der Waals surface area (Å²) in [5, 5.41) is 0. The first-order valence-corrected chi connectivity index (χ1v) is 16.6. The van der Waals surface area contributed by atoms with E-state index in [1.165, 1.54) is 12.0 Å². The van der Waals surface area contributed by atoms with Crippen LogP contribution in [0.15, 0.2) is 89.8 Å². The molecule has 1 aliphatic rings. The highest BCUT2D eigenvalue weighted by molar-refractivity contribution is 7.92. The topological polar surface area (TPSA) is 99.3 Å². The van der Waals surface area contributed by atoms with Gasteiger partial charge in [0, 0.05) is 57.1 Å². The molecule has 0 radical (unpaired) electrons. The molecule has 4 aromatic rings. The summed E-state index contributed by atoms with van der Waals surface area (Å²) < 4.78 is 35.7. The molecule has 0 bridgehead atoms. The van der Waals surface area contributed by atoms with Gasteiger partial charge in [-0.15, -0.1) is 0 Å². The number of nitrogens with one attached hydrogen (secondary N) is 1. The fraction of sp³-hybridized carbons (Fsp3) is 0.278. The van der Waals surface area contributed by atoms with Crippen molar-refractivity contribution in [3.63, 3.8) is 0 Å². The third-order valence-corrected chi connectivity index (χ3v) is 9.83. The Morgan fingerprint density at radius 1 is 0.891 bits per heavy atom. The van der Waals surface area contributed by atoms with Crippen LogP contribution in [0.5, 0.6) is 5.75 Å². The van der Waals surface area contributed by atoms with E-state index in [9.17, 15) is 18.0 Å². The SMILES string of the molecule is COc1ccc(-c2cccc(C(=O)N(C)C)c2)cc1S(=O)(=O)Nc1cccc(N(C)C2CCN(C(=O)c3cc(C)ccc3C)C2)c1. The fourth-order valence-corrected chi connectivity index (χ4v) is 6.99. The van der Waals surface area contributed by atoms with E-state index in [2.05, 4.69) is 9.62 Å². The van der Waals surface area contributed by atoms with Crippen LogP contribution < -0.4 is 14.4 Å². The molecule has 46 heavy (non-hydrogen) atoms. The summed E-state index contributed by atoms with van der Waals surface area (Å²) in [4.78, 5) is 31.3. The fourth-order valence-electron chi connectivity index (χ4n) is 5.74. The number of ether oxygens (including phenoxy) is 1. The number of carbonyl (C=O) groups is 2. The summed E-state index contributed by atoms with van der Waals surface area (Å²) in [5.41, 5.74) is 5.81. The van der Waals surface area contributed by atoms with Gasteiger partial charge in [0.25, 0.3) is 21.8 Å². The smallest absolute Gasteiger partial charge is 0.265 e. The number of hydrogen-bond donors (Lipinski definition) is 1. The molecule has 0 saturated carbocycles. The highest BCUT2D eigenvalue weighted by Gasteiger charge is 2.30. The Morgan fingerprint density at radius 2 is 1.63 bits per heavy atom. The van der Waals surface area contributed by atoms with Gasteiger partial charge in [0.15, 0.2) is 0 Å². The summed E-state index contributed by atoms with van der Waals surface area (Å²) in [7, 11) is 2.69. The van der Waals surface area contributed by atoms with E-state index in [-0.39, 0.29) is 28.5 Å². The standard InChI is InChI=1S/C36H40N4O5S/c1-24-13-14-25(2)32(19-24)36(42)40-18-17-31(23-40)39(5)30-12-8-11-29(22-30)37-46(43,44)34-21-27(15-16-33(34)45-6)26-9-7-10-28(20-26)35(41)38(3)4/h7-16,19-22,31,37H,17-18,23H2,1-6H3. The van der Waals surface area contributed by atoms with Gasteiger partial charge in [0.2, 0.25) is 0 Å². The average Bonchev–Trinajstić information content (AvgIpc) is 3.55. The van der Waals surface area contributed by atoms with Crippen molar-refractivity contribution in [1.29, 1.82) is 0 Å². The second-order valence-corrected chi connectivity index (χ2v) is 13.6. The summed E-state index contributed by atoms with van der Waals surface area (Å²) in [5.74, 6) is 0.0865. The number of rotatable bonds is 9. The van der Waals surface area contributed by atoms with Crippen LogP contribution in [0.1, 0.15) is 38.3 Å². The number of carbonyl (C=O) groups excluding carboxylic acids is 2. The van der Waals surface area contributed by atoms with Crippen molar-refractivity contribution < 1.29 is 22.7 Å².